The van der Waals surface area contributed by atoms with Gasteiger partial charge in [0.05, 0.1) is 0 Å². The molecule has 0 amide bonds. The van der Waals surface area contributed by atoms with Crippen LogP contribution in [0.4, 0.5) is 5.69 Å². The minimum absolute atomic E-state index is 0.559. The van der Waals surface area contributed by atoms with E-state index < -0.39 is 0 Å². The second-order valence-corrected chi connectivity index (χ2v) is 6.53. The second kappa shape index (κ2) is 5.94. The first-order chi connectivity index (χ1) is 9.72. The van der Waals surface area contributed by atoms with E-state index in [9.17, 15) is 0 Å². The van der Waals surface area contributed by atoms with Gasteiger partial charge in [0.25, 0.3) is 0 Å². The lowest BCUT2D eigenvalue weighted by Gasteiger charge is -2.21. The highest BCUT2D eigenvalue weighted by Gasteiger charge is 2.23. The lowest BCUT2D eigenvalue weighted by atomic mass is 10.2. The van der Waals surface area contributed by atoms with Crippen LogP contribution in [-0.2, 0) is 0 Å². The molecule has 1 N–H and O–H groups in total. The number of rotatable bonds is 4. The van der Waals surface area contributed by atoms with E-state index in [1.165, 1.54) is 24.2 Å². The molecule has 1 aromatic carbocycles. The van der Waals surface area contributed by atoms with Crippen LogP contribution in [0.2, 0.25) is 0 Å². The maximum atomic E-state index is 4.38. The quantitative estimate of drug-likeness (QED) is 0.929. The molecule has 0 bridgehead atoms. The molecule has 1 saturated heterocycles. The summed E-state index contributed by atoms with van der Waals surface area (Å²) in [6, 6.07) is 9.78. The molecule has 1 aliphatic heterocycles. The van der Waals surface area contributed by atoms with Gasteiger partial charge in [-0.15, -0.1) is 11.3 Å². The summed E-state index contributed by atoms with van der Waals surface area (Å²) in [6.07, 6.45) is 3.08. The van der Waals surface area contributed by atoms with Crippen molar-refractivity contribution in [3.05, 3.63) is 35.8 Å². The SMILES string of the molecule is CC(C)N1CCC(Nc2cccc(-c3nccs3)c2)C1. The van der Waals surface area contributed by atoms with Crippen molar-refractivity contribution in [3.63, 3.8) is 0 Å². The van der Waals surface area contributed by atoms with Crippen LogP contribution >= 0.6 is 11.3 Å². The van der Waals surface area contributed by atoms with E-state index >= 15 is 0 Å². The average Bonchev–Trinajstić information content (AvgIpc) is 3.10. The number of benzene rings is 1. The van der Waals surface area contributed by atoms with Crippen molar-refractivity contribution in [2.75, 3.05) is 18.4 Å². The number of aromatic nitrogens is 1. The van der Waals surface area contributed by atoms with Gasteiger partial charge in [-0.25, -0.2) is 4.98 Å². The Balaban J connectivity index is 1.68. The Morgan fingerprint density at radius 2 is 2.30 bits per heavy atom. The van der Waals surface area contributed by atoms with Crippen LogP contribution in [0.25, 0.3) is 10.6 Å². The summed E-state index contributed by atoms with van der Waals surface area (Å²) in [5.74, 6) is 0. The van der Waals surface area contributed by atoms with Crippen LogP contribution in [0.15, 0.2) is 35.8 Å². The summed E-state index contributed by atoms with van der Waals surface area (Å²) in [5.41, 5.74) is 2.40. The summed E-state index contributed by atoms with van der Waals surface area (Å²) < 4.78 is 0. The molecule has 0 spiro atoms. The van der Waals surface area contributed by atoms with Crippen LogP contribution in [0, 0.1) is 0 Å². The van der Waals surface area contributed by atoms with Gasteiger partial charge in [-0.05, 0) is 32.4 Å². The zero-order chi connectivity index (χ0) is 13.9. The number of likely N-dealkylation sites (tertiary alicyclic amines) is 1. The average molecular weight is 287 g/mol. The van der Waals surface area contributed by atoms with E-state index in [0.717, 1.165) is 11.6 Å². The Bertz CT molecular complexity index is 551. The van der Waals surface area contributed by atoms with E-state index in [0.29, 0.717) is 12.1 Å². The Kier molecular flexibility index (Phi) is 4.03. The summed E-state index contributed by atoms with van der Waals surface area (Å²) in [6.45, 7) is 6.87. The van der Waals surface area contributed by atoms with Crippen molar-refractivity contribution in [2.45, 2.75) is 32.4 Å². The van der Waals surface area contributed by atoms with Crippen molar-refractivity contribution >= 4 is 17.0 Å². The van der Waals surface area contributed by atoms with Crippen LogP contribution < -0.4 is 5.32 Å². The van der Waals surface area contributed by atoms with Gasteiger partial charge in [-0.1, -0.05) is 12.1 Å². The fraction of sp³-hybridized carbons (Fsp3) is 0.438. The van der Waals surface area contributed by atoms with Crippen molar-refractivity contribution in [3.8, 4) is 10.6 Å². The number of hydrogen-bond acceptors (Lipinski definition) is 4. The molecular weight excluding hydrogens is 266 g/mol. The molecule has 106 valence electrons. The molecule has 4 heteroatoms. The summed E-state index contributed by atoms with van der Waals surface area (Å²) in [4.78, 5) is 6.91. The second-order valence-electron chi connectivity index (χ2n) is 5.64. The predicted molar refractivity (Wildman–Crippen MR) is 86.3 cm³/mol. The lowest BCUT2D eigenvalue weighted by Crippen LogP contribution is -2.31. The van der Waals surface area contributed by atoms with Gasteiger partial charge in [0, 0.05) is 48.0 Å². The number of hydrogen-bond donors (Lipinski definition) is 1. The Morgan fingerprint density at radius 3 is 3.00 bits per heavy atom. The third-order valence-electron chi connectivity index (χ3n) is 3.86. The first-order valence-corrected chi connectivity index (χ1v) is 8.11. The van der Waals surface area contributed by atoms with E-state index in [-0.39, 0.29) is 0 Å². The molecule has 0 saturated carbocycles. The molecule has 1 fully saturated rings. The van der Waals surface area contributed by atoms with E-state index in [1.54, 1.807) is 11.3 Å². The Morgan fingerprint density at radius 1 is 1.40 bits per heavy atom. The molecule has 1 atom stereocenters. The summed E-state index contributed by atoms with van der Waals surface area (Å²) in [7, 11) is 0. The predicted octanol–water partition coefficient (Wildman–Crippen LogP) is 3.70. The van der Waals surface area contributed by atoms with Crippen molar-refractivity contribution < 1.29 is 0 Å². The smallest absolute Gasteiger partial charge is 0.123 e. The standard InChI is InChI=1S/C16H21N3S/c1-12(2)19-8-6-15(11-19)18-14-5-3-4-13(10-14)16-17-7-9-20-16/h3-5,7,9-10,12,15,18H,6,8,11H2,1-2H3. The van der Waals surface area contributed by atoms with E-state index in [4.69, 9.17) is 0 Å². The van der Waals surface area contributed by atoms with Crippen molar-refractivity contribution in [1.82, 2.24) is 9.88 Å². The molecular formula is C16H21N3S. The zero-order valence-electron chi connectivity index (χ0n) is 12.0. The van der Waals surface area contributed by atoms with Crippen LogP contribution in [0.1, 0.15) is 20.3 Å². The monoisotopic (exact) mass is 287 g/mol. The van der Waals surface area contributed by atoms with E-state index in [2.05, 4.69) is 53.3 Å². The van der Waals surface area contributed by atoms with Gasteiger partial charge in [-0.2, -0.15) is 0 Å². The van der Waals surface area contributed by atoms with Gasteiger partial charge in [0.2, 0.25) is 0 Å². The minimum atomic E-state index is 0.559. The molecule has 20 heavy (non-hydrogen) atoms. The number of anilines is 1. The third kappa shape index (κ3) is 3.02. The third-order valence-corrected chi connectivity index (χ3v) is 4.68. The highest BCUT2D eigenvalue weighted by molar-refractivity contribution is 7.13. The van der Waals surface area contributed by atoms with Crippen LogP contribution in [-0.4, -0.2) is 35.1 Å². The highest BCUT2D eigenvalue weighted by Crippen LogP contribution is 2.25. The lowest BCUT2D eigenvalue weighted by molar-refractivity contribution is 0.274. The van der Waals surface area contributed by atoms with Gasteiger partial charge in [-0.3, -0.25) is 4.90 Å². The van der Waals surface area contributed by atoms with Crippen LogP contribution in [0.5, 0.6) is 0 Å². The molecule has 2 heterocycles. The molecule has 3 rings (SSSR count). The number of nitrogens with one attached hydrogen (secondary N) is 1. The topological polar surface area (TPSA) is 28.2 Å². The molecule has 2 aromatic rings. The van der Waals surface area contributed by atoms with Gasteiger partial charge >= 0.3 is 0 Å². The van der Waals surface area contributed by atoms with Crippen molar-refractivity contribution in [2.24, 2.45) is 0 Å². The fourth-order valence-corrected chi connectivity index (χ4v) is 3.35. The Hall–Kier alpha value is -1.39. The normalized spacial score (nSPS) is 19.6. The van der Waals surface area contributed by atoms with E-state index in [1.807, 2.05) is 11.6 Å². The van der Waals surface area contributed by atoms with Crippen molar-refractivity contribution in [1.29, 1.82) is 0 Å². The first kappa shape index (κ1) is 13.6. The largest absolute Gasteiger partial charge is 0.381 e. The minimum Gasteiger partial charge on any atom is -0.381 e. The number of nitrogens with zero attached hydrogens (tertiary/aromatic N) is 2. The molecule has 1 aromatic heterocycles. The molecule has 1 aliphatic rings. The first-order valence-electron chi connectivity index (χ1n) is 7.23. The number of thiazole rings is 1. The molecule has 0 aliphatic carbocycles. The molecule has 0 radical (unpaired) electrons. The van der Waals surface area contributed by atoms with Gasteiger partial charge < -0.3 is 5.32 Å². The molecule has 1 unspecified atom stereocenters. The molecule has 3 nitrogen and oxygen atoms in total. The fourth-order valence-electron chi connectivity index (χ4n) is 2.72. The highest BCUT2D eigenvalue weighted by atomic mass is 32.1. The van der Waals surface area contributed by atoms with Gasteiger partial charge in [0.15, 0.2) is 0 Å². The summed E-state index contributed by atoms with van der Waals surface area (Å²) >= 11 is 1.68. The Labute approximate surface area is 124 Å². The maximum absolute atomic E-state index is 4.38. The maximum Gasteiger partial charge on any atom is 0.123 e. The van der Waals surface area contributed by atoms with Gasteiger partial charge in [0.1, 0.15) is 5.01 Å². The van der Waals surface area contributed by atoms with Crippen LogP contribution in [0.3, 0.4) is 0 Å². The zero-order valence-corrected chi connectivity index (χ0v) is 12.9. The summed E-state index contributed by atoms with van der Waals surface area (Å²) in [5, 5.41) is 6.77.